The van der Waals surface area contributed by atoms with Gasteiger partial charge in [0, 0.05) is 50.0 Å². The molecule has 4 rings (SSSR count). The number of likely N-dealkylation sites (tertiary alicyclic amines) is 2. The topological polar surface area (TPSA) is 43.9 Å². The van der Waals surface area contributed by atoms with Crippen LogP contribution in [0.2, 0.25) is 0 Å². The molecule has 2 aliphatic heterocycles. The highest BCUT2D eigenvalue weighted by Gasteiger charge is 2.54. The standard InChI is InChI=1S/C23H31N3O2/c1-24(2)15-23-16-25(21(27)12-18-8-4-3-5-9-18)13-20(23)14-26(17-23)22(28)19-10-6-7-11-19/h3-9,19-20H,10-17H2,1-2H3. The van der Waals surface area contributed by atoms with Gasteiger partial charge in [-0.1, -0.05) is 42.5 Å². The van der Waals surface area contributed by atoms with E-state index in [0.29, 0.717) is 18.2 Å². The highest BCUT2D eigenvalue weighted by Crippen LogP contribution is 2.44. The summed E-state index contributed by atoms with van der Waals surface area (Å²) in [4.78, 5) is 32.2. The Balaban J connectivity index is 1.45. The molecule has 2 saturated heterocycles. The van der Waals surface area contributed by atoms with Gasteiger partial charge in [-0.05, 0) is 32.5 Å². The number of carbonyl (C=O) groups excluding carboxylic acids is 2. The van der Waals surface area contributed by atoms with Gasteiger partial charge in [0.05, 0.1) is 6.42 Å². The Morgan fingerprint density at radius 1 is 1.04 bits per heavy atom. The molecule has 2 unspecified atom stereocenters. The van der Waals surface area contributed by atoms with Crippen LogP contribution < -0.4 is 0 Å². The Hall–Kier alpha value is -2.14. The van der Waals surface area contributed by atoms with Crippen LogP contribution >= 0.6 is 0 Å². The molecule has 0 aromatic heterocycles. The molecular formula is C23H31N3O2. The number of amides is 2. The van der Waals surface area contributed by atoms with Gasteiger partial charge in [-0.25, -0.2) is 0 Å². The molecule has 150 valence electrons. The third kappa shape index (κ3) is 3.72. The summed E-state index contributed by atoms with van der Waals surface area (Å²) in [6, 6.07) is 9.97. The van der Waals surface area contributed by atoms with Crippen LogP contribution in [-0.4, -0.2) is 73.3 Å². The van der Waals surface area contributed by atoms with Crippen LogP contribution in [0.15, 0.2) is 42.5 Å². The van der Waals surface area contributed by atoms with Crippen molar-refractivity contribution in [1.29, 1.82) is 0 Å². The van der Waals surface area contributed by atoms with Gasteiger partial charge in [0.2, 0.25) is 11.8 Å². The van der Waals surface area contributed by atoms with Gasteiger partial charge in [0.15, 0.2) is 0 Å². The Morgan fingerprint density at radius 2 is 1.68 bits per heavy atom. The number of carbonyl (C=O) groups is 2. The van der Waals surface area contributed by atoms with E-state index in [9.17, 15) is 9.59 Å². The lowest BCUT2D eigenvalue weighted by atomic mass is 9.80. The second-order valence-electron chi connectivity index (χ2n) is 9.09. The van der Waals surface area contributed by atoms with Crippen molar-refractivity contribution in [1.82, 2.24) is 14.7 Å². The van der Waals surface area contributed by atoms with Crippen LogP contribution in [-0.2, 0) is 16.0 Å². The summed E-state index contributed by atoms with van der Waals surface area (Å²) < 4.78 is 0. The van der Waals surface area contributed by atoms with Crippen LogP contribution in [0.1, 0.15) is 18.4 Å². The molecule has 1 aliphatic carbocycles. The first kappa shape index (κ1) is 19.2. The molecule has 1 aromatic rings. The first-order valence-electron chi connectivity index (χ1n) is 10.4. The molecule has 3 aliphatic rings. The van der Waals surface area contributed by atoms with Crippen molar-refractivity contribution in [3.8, 4) is 0 Å². The summed E-state index contributed by atoms with van der Waals surface area (Å²) in [5, 5.41) is 0. The van der Waals surface area contributed by atoms with E-state index in [0.717, 1.165) is 51.1 Å². The number of benzene rings is 1. The minimum absolute atomic E-state index is 0.00244. The predicted octanol–water partition coefficient (Wildman–Crippen LogP) is 2.04. The van der Waals surface area contributed by atoms with Crippen molar-refractivity contribution < 1.29 is 9.59 Å². The average molecular weight is 382 g/mol. The number of hydrogen-bond acceptors (Lipinski definition) is 3. The SMILES string of the molecule is CN(C)CC12CN(C(=O)Cc3ccccc3)CC1CN(C(=O)C1CC=CC1)C2. The molecule has 0 saturated carbocycles. The van der Waals surface area contributed by atoms with E-state index in [1.165, 1.54) is 0 Å². The van der Waals surface area contributed by atoms with E-state index in [2.05, 4.69) is 36.0 Å². The van der Waals surface area contributed by atoms with Crippen molar-refractivity contribution >= 4 is 11.8 Å². The Bertz CT molecular complexity index is 752. The van der Waals surface area contributed by atoms with E-state index >= 15 is 0 Å². The molecule has 0 N–H and O–H groups in total. The lowest BCUT2D eigenvalue weighted by Gasteiger charge is -2.32. The molecule has 28 heavy (non-hydrogen) atoms. The Kier molecular flexibility index (Phi) is 5.28. The number of allylic oxidation sites excluding steroid dienone is 2. The van der Waals surface area contributed by atoms with Gasteiger partial charge in [0.25, 0.3) is 0 Å². The minimum Gasteiger partial charge on any atom is -0.341 e. The lowest BCUT2D eigenvalue weighted by Crippen LogP contribution is -2.44. The van der Waals surface area contributed by atoms with Gasteiger partial charge in [-0.15, -0.1) is 0 Å². The maximum Gasteiger partial charge on any atom is 0.227 e. The normalized spacial score (nSPS) is 27.0. The molecule has 5 nitrogen and oxygen atoms in total. The maximum absolute atomic E-state index is 13.0. The molecule has 2 amide bonds. The molecule has 0 spiro atoms. The van der Waals surface area contributed by atoms with E-state index in [4.69, 9.17) is 0 Å². The third-order valence-corrected chi connectivity index (χ3v) is 6.61. The second kappa shape index (κ2) is 7.70. The summed E-state index contributed by atoms with van der Waals surface area (Å²) in [6.45, 7) is 4.01. The lowest BCUT2D eigenvalue weighted by molar-refractivity contribution is -0.135. The van der Waals surface area contributed by atoms with Crippen LogP contribution in [0, 0.1) is 17.3 Å². The molecule has 0 bridgehead atoms. The minimum atomic E-state index is -0.00244. The van der Waals surface area contributed by atoms with Gasteiger partial charge in [0.1, 0.15) is 0 Å². The van der Waals surface area contributed by atoms with Crippen molar-refractivity contribution in [3.63, 3.8) is 0 Å². The average Bonchev–Trinajstić information content (AvgIpc) is 3.35. The van der Waals surface area contributed by atoms with E-state index in [1.54, 1.807) is 0 Å². The predicted molar refractivity (Wildman–Crippen MR) is 110 cm³/mol. The van der Waals surface area contributed by atoms with E-state index in [-0.39, 0.29) is 17.2 Å². The first-order valence-corrected chi connectivity index (χ1v) is 10.4. The number of hydrogen-bond donors (Lipinski definition) is 0. The molecule has 2 heterocycles. The van der Waals surface area contributed by atoms with Gasteiger partial charge < -0.3 is 14.7 Å². The second-order valence-corrected chi connectivity index (χ2v) is 9.09. The zero-order valence-electron chi connectivity index (χ0n) is 17.0. The third-order valence-electron chi connectivity index (χ3n) is 6.61. The van der Waals surface area contributed by atoms with Gasteiger partial charge >= 0.3 is 0 Å². The van der Waals surface area contributed by atoms with E-state index < -0.39 is 0 Å². The fraction of sp³-hybridized carbons (Fsp3) is 0.565. The molecule has 0 radical (unpaired) electrons. The van der Waals surface area contributed by atoms with E-state index in [1.807, 2.05) is 35.2 Å². The highest BCUT2D eigenvalue weighted by atomic mass is 16.2. The molecule has 2 fully saturated rings. The maximum atomic E-state index is 13.0. The van der Waals surface area contributed by atoms with Crippen molar-refractivity contribution in [2.45, 2.75) is 19.3 Å². The zero-order valence-corrected chi connectivity index (χ0v) is 17.0. The van der Waals surface area contributed by atoms with Crippen molar-refractivity contribution in [3.05, 3.63) is 48.0 Å². The monoisotopic (exact) mass is 381 g/mol. The van der Waals surface area contributed by atoms with Crippen LogP contribution in [0.4, 0.5) is 0 Å². The summed E-state index contributed by atoms with van der Waals surface area (Å²) in [7, 11) is 4.18. The van der Waals surface area contributed by atoms with Gasteiger partial charge in [-0.3, -0.25) is 9.59 Å². The fourth-order valence-electron chi connectivity index (χ4n) is 5.35. The van der Waals surface area contributed by atoms with Crippen LogP contribution in [0.25, 0.3) is 0 Å². The quantitative estimate of drug-likeness (QED) is 0.733. The fourth-order valence-corrected chi connectivity index (χ4v) is 5.35. The summed E-state index contributed by atoms with van der Waals surface area (Å²) >= 11 is 0. The summed E-state index contributed by atoms with van der Waals surface area (Å²) in [5.41, 5.74) is 1.06. The Morgan fingerprint density at radius 3 is 2.36 bits per heavy atom. The number of rotatable bonds is 5. The summed E-state index contributed by atoms with van der Waals surface area (Å²) in [5.74, 6) is 1.01. The smallest absolute Gasteiger partial charge is 0.227 e. The van der Waals surface area contributed by atoms with Crippen molar-refractivity contribution in [2.75, 3.05) is 46.8 Å². The Labute approximate surface area is 168 Å². The van der Waals surface area contributed by atoms with Crippen LogP contribution in [0.3, 0.4) is 0 Å². The van der Waals surface area contributed by atoms with Crippen molar-refractivity contribution in [2.24, 2.45) is 17.3 Å². The number of fused-ring (bicyclic) bond motifs is 1. The zero-order chi connectivity index (χ0) is 19.7. The molecule has 2 atom stereocenters. The van der Waals surface area contributed by atoms with Crippen LogP contribution in [0.5, 0.6) is 0 Å². The number of nitrogens with zero attached hydrogens (tertiary/aromatic N) is 3. The highest BCUT2D eigenvalue weighted by molar-refractivity contribution is 5.81. The van der Waals surface area contributed by atoms with Gasteiger partial charge in [-0.2, -0.15) is 0 Å². The first-order chi connectivity index (χ1) is 13.5. The largest absolute Gasteiger partial charge is 0.341 e. The molecule has 5 heteroatoms. The molecule has 1 aromatic carbocycles. The summed E-state index contributed by atoms with van der Waals surface area (Å²) in [6.07, 6.45) is 6.46. The molecular weight excluding hydrogens is 350 g/mol.